The van der Waals surface area contributed by atoms with Crippen molar-refractivity contribution in [3.05, 3.63) is 35.5 Å². The highest BCUT2D eigenvalue weighted by atomic mass is 16.1. The minimum atomic E-state index is -0.0194. The van der Waals surface area contributed by atoms with Crippen LogP contribution in [0, 0.1) is 6.92 Å². The highest BCUT2D eigenvalue weighted by Gasteiger charge is 2.09. The van der Waals surface area contributed by atoms with Gasteiger partial charge in [-0.1, -0.05) is 25.5 Å². The minimum absolute atomic E-state index is 0.0194. The number of hydrogen-bond donors (Lipinski definition) is 2. The summed E-state index contributed by atoms with van der Waals surface area (Å²) in [6.07, 6.45) is 2.11. The van der Waals surface area contributed by atoms with E-state index in [1.807, 2.05) is 18.2 Å². The van der Waals surface area contributed by atoms with Gasteiger partial charge in [0, 0.05) is 17.4 Å². The van der Waals surface area contributed by atoms with Crippen molar-refractivity contribution in [1.29, 1.82) is 0 Å². The van der Waals surface area contributed by atoms with Gasteiger partial charge in [-0.2, -0.15) is 0 Å². The van der Waals surface area contributed by atoms with E-state index in [0.717, 1.165) is 30.3 Å². The fourth-order valence-corrected chi connectivity index (χ4v) is 1.90. The molecule has 0 saturated carbocycles. The van der Waals surface area contributed by atoms with Gasteiger partial charge in [0.2, 0.25) is 0 Å². The van der Waals surface area contributed by atoms with Crippen LogP contribution < -0.4 is 5.32 Å². The van der Waals surface area contributed by atoms with Crippen molar-refractivity contribution in [2.24, 2.45) is 0 Å². The van der Waals surface area contributed by atoms with Crippen molar-refractivity contribution < 1.29 is 4.79 Å². The lowest BCUT2D eigenvalue weighted by Gasteiger charge is -2.01. The highest BCUT2D eigenvalue weighted by molar-refractivity contribution is 5.98. The highest BCUT2D eigenvalue weighted by Crippen LogP contribution is 2.18. The largest absolute Gasteiger partial charge is 0.351 e. The summed E-state index contributed by atoms with van der Waals surface area (Å²) in [4.78, 5) is 15.0. The van der Waals surface area contributed by atoms with Gasteiger partial charge < -0.3 is 10.3 Å². The van der Waals surface area contributed by atoms with Gasteiger partial charge in [0.1, 0.15) is 5.69 Å². The molecule has 1 heterocycles. The number of aromatic amines is 1. The third-order valence-electron chi connectivity index (χ3n) is 2.94. The SMILES string of the molecule is CCCCNC(=O)c1cc2c(C)cccc2[nH]1. The number of H-pyrrole nitrogens is 1. The van der Waals surface area contributed by atoms with Crippen LogP contribution in [0.25, 0.3) is 10.9 Å². The molecule has 2 N–H and O–H groups in total. The van der Waals surface area contributed by atoms with Crippen LogP contribution in [0.5, 0.6) is 0 Å². The molecule has 1 aromatic carbocycles. The maximum absolute atomic E-state index is 11.9. The molecule has 90 valence electrons. The molecule has 2 rings (SSSR count). The Morgan fingerprint density at radius 1 is 1.41 bits per heavy atom. The Kier molecular flexibility index (Phi) is 3.47. The lowest BCUT2D eigenvalue weighted by molar-refractivity contribution is 0.0949. The molecule has 17 heavy (non-hydrogen) atoms. The van der Waals surface area contributed by atoms with Crippen molar-refractivity contribution in [1.82, 2.24) is 10.3 Å². The smallest absolute Gasteiger partial charge is 0.267 e. The van der Waals surface area contributed by atoms with Gasteiger partial charge in [0.15, 0.2) is 0 Å². The van der Waals surface area contributed by atoms with E-state index in [-0.39, 0.29) is 5.91 Å². The summed E-state index contributed by atoms with van der Waals surface area (Å²) in [5.74, 6) is -0.0194. The Balaban J connectivity index is 2.19. The molecule has 0 spiro atoms. The summed E-state index contributed by atoms with van der Waals surface area (Å²) in [5, 5.41) is 4.03. The second-order valence-corrected chi connectivity index (χ2v) is 4.33. The Hall–Kier alpha value is -1.77. The zero-order valence-electron chi connectivity index (χ0n) is 10.3. The first-order valence-corrected chi connectivity index (χ1v) is 6.09. The molecular formula is C14H18N2O. The number of aryl methyl sites for hydroxylation is 1. The molecular weight excluding hydrogens is 212 g/mol. The quantitative estimate of drug-likeness (QED) is 0.779. The van der Waals surface area contributed by atoms with Crippen LogP contribution in [0.1, 0.15) is 35.8 Å². The zero-order valence-corrected chi connectivity index (χ0v) is 10.3. The van der Waals surface area contributed by atoms with Crippen LogP contribution in [0.3, 0.4) is 0 Å². The van der Waals surface area contributed by atoms with Crippen molar-refractivity contribution in [2.45, 2.75) is 26.7 Å². The number of hydrogen-bond acceptors (Lipinski definition) is 1. The molecule has 2 aromatic rings. The molecule has 0 fully saturated rings. The van der Waals surface area contributed by atoms with E-state index in [9.17, 15) is 4.79 Å². The van der Waals surface area contributed by atoms with Crippen LogP contribution in [0.15, 0.2) is 24.3 Å². The normalized spacial score (nSPS) is 10.7. The van der Waals surface area contributed by atoms with Crippen LogP contribution in [0.2, 0.25) is 0 Å². The van der Waals surface area contributed by atoms with Gasteiger partial charge in [-0.15, -0.1) is 0 Å². The van der Waals surface area contributed by atoms with E-state index >= 15 is 0 Å². The predicted molar refractivity (Wildman–Crippen MR) is 70.3 cm³/mol. The average Bonchev–Trinajstić information content (AvgIpc) is 2.75. The van der Waals surface area contributed by atoms with Crippen LogP contribution in [0.4, 0.5) is 0 Å². The summed E-state index contributed by atoms with van der Waals surface area (Å²) in [6.45, 7) is 4.90. The summed E-state index contributed by atoms with van der Waals surface area (Å²) in [5.41, 5.74) is 2.85. The average molecular weight is 230 g/mol. The Bertz CT molecular complexity index is 528. The van der Waals surface area contributed by atoms with E-state index in [2.05, 4.69) is 30.2 Å². The van der Waals surface area contributed by atoms with E-state index in [0.29, 0.717) is 5.69 Å². The Labute approximate surface area is 101 Å². The molecule has 0 aliphatic rings. The molecule has 0 atom stereocenters. The van der Waals surface area contributed by atoms with Gasteiger partial charge in [0.05, 0.1) is 0 Å². The van der Waals surface area contributed by atoms with Crippen molar-refractivity contribution >= 4 is 16.8 Å². The third kappa shape index (κ3) is 2.49. The number of carbonyl (C=O) groups is 1. The molecule has 0 aliphatic heterocycles. The van der Waals surface area contributed by atoms with Crippen molar-refractivity contribution in [3.8, 4) is 0 Å². The van der Waals surface area contributed by atoms with Gasteiger partial charge in [-0.05, 0) is 31.0 Å². The monoisotopic (exact) mass is 230 g/mol. The first-order valence-electron chi connectivity index (χ1n) is 6.09. The molecule has 3 nitrogen and oxygen atoms in total. The number of unbranched alkanes of at least 4 members (excludes halogenated alkanes) is 1. The molecule has 0 saturated heterocycles. The van der Waals surface area contributed by atoms with E-state index in [4.69, 9.17) is 0 Å². The molecule has 0 unspecified atom stereocenters. The summed E-state index contributed by atoms with van der Waals surface area (Å²) < 4.78 is 0. The second kappa shape index (κ2) is 5.04. The minimum Gasteiger partial charge on any atom is -0.351 e. The summed E-state index contributed by atoms with van der Waals surface area (Å²) in [6, 6.07) is 7.96. The van der Waals surface area contributed by atoms with Crippen LogP contribution in [-0.4, -0.2) is 17.4 Å². The molecule has 3 heteroatoms. The number of nitrogens with one attached hydrogen (secondary N) is 2. The maximum Gasteiger partial charge on any atom is 0.267 e. The topological polar surface area (TPSA) is 44.9 Å². The van der Waals surface area contributed by atoms with Crippen LogP contribution >= 0.6 is 0 Å². The lowest BCUT2D eigenvalue weighted by Crippen LogP contribution is -2.24. The number of amides is 1. The third-order valence-corrected chi connectivity index (χ3v) is 2.94. The molecule has 0 bridgehead atoms. The number of fused-ring (bicyclic) bond motifs is 1. The second-order valence-electron chi connectivity index (χ2n) is 4.33. The Morgan fingerprint density at radius 2 is 2.24 bits per heavy atom. The number of benzene rings is 1. The van der Waals surface area contributed by atoms with Gasteiger partial charge in [0.25, 0.3) is 5.91 Å². The molecule has 0 radical (unpaired) electrons. The van der Waals surface area contributed by atoms with Gasteiger partial charge >= 0.3 is 0 Å². The Morgan fingerprint density at radius 3 is 2.94 bits per heavy atom. The van der Waals surface area contributed by atoms with Gasteiger partial charge in [-0.25, -0.2) is 0 Å². The fourth-order valence-electron chi connectivity index (χ4n) is 1.90. The van der Waals surface area contributed by atoms with Crippen molar-refractivity contribution in [3.63, 3.8) is 0 Å². The summed E-state index contributed by atoms with van der Waals surface area (Å²) >= 11 is 0. The van der Waals surface area contributed by atoms with E-state index in [1.54, 1.807) is 0 Å². The first kappa shape index (κ1) is 11.7. The van der Waals surface area contributed by atoms with Gasteiger partial charge in [-0.3, -0.25) is 4.79 Å². The number of carbonyl (C=O) groups excluding carboxylic acids is 1. The molecule has 1 aromatic heterocycles. The zero-order chi connectivity index (χ0) is 12.3. The van der Waals surface area contributed by atoms with Crippen LogP contribution in [-0.2, 0) is 0 Å². The lowest BCUT2D eigenvalue weighted by atomic mass is 10.1. The number of aromatic nitrogens is 1. The number of rotatable bonds is 4. The first-order chi connectivity index (χ1) is 8.22. The fraction of sp³-hybridized carbons (Fsp3) is 0.357. The molecule has 1 amide bonds. The summed E-state index contributed by atoms with van der Waals surface area (Å²) in [7, 11) is 0. The predicted octanol–water partition coefficient (Wildman–Crippen LogP) is 3.01. The maximum atomic E-state index is 11.9. The standard InChI is InChI=1S/C14H18N2O/c1-3-4-8-15-14(17)13-9-11-10(2)6-5-7-12(11)16-13/h5-7,9,16H,3-4,8H2,1-2H3,(H,15,17). The van der Waals surface area contributed by atoms with E-state index < -0.39 is 0 Å². The van der Waals surface area contributed by atoms with Crippen molar-refractivity contribution in [2.75, 3.05) is 6.54 Å². The molecule has 0 aliphatic carbocycles. The van der Waals surface area contributed by atoms with E-state index in [1.165, 1.54) is 5.56 Å².